The van der Waals surface area contributed by atoms with Crippen LogP contribution in [0, 0.1) is 0 Å². The van der Waals surface area contributed by atoms with Crippen LogP contribution in [0.15, 0.2) is 30.3 Å². The lowest BCUT2D eigenvalue weighted by atomic mass is 10.0. The fraction of sp³-hybridized carbons (Fsp3) is 0.529. The number of ether oxygens (including phenoxy) is 4. The number of hydrogen-bond donors (Lipinski definition) is 0. The van der Waals surface area contributed by atoms with Crippen LogP contribution >= 0.6 is 0 Å². The van der Waals surface area contributed by atoms with Gasteiger partial charge in [-0.1, -0.05) is 30.3 Å². The number of esters is 2. The van der Waals surface area contributed by atoms with E-state index in [9.17, 15) is 9.59 Å². The Balaban J connectivity index is 1.98. The Morgan fingerprint density at radius 3 is 2.35 bits per heavy atom. The van der Waals surface area contributed by atoms with Crippen molar-refractivity contribution in [1.82, 2.24) is 0 Å². The van der Waals surface area contributed by atoms with Crippen molar-refractivity contribution >= 4 is 11.9 Å². The molecule has 1 fully saturated rings. The summed E-state index contributed by atoms with van der Waals surface area (Å²) < 4.78 is 21.9. The summed E-state index contributed by atoms with van der Waals surface area (Å²) in [6, 6.07) is 9.77. The van der Waals surface area contributed by atoms with E-state index >= 15 is 0 Å². The van der Waals surface area contributed by atoms with Crippen LogP contribution in [-0.4, -0.2) is 36.5 Å². The Kier molecular flexibility index (Phi) is 6.12. The summed E-state index contributed by atoms with van der Waals surface area (Å²) in [6.07, 6.45) is -1.71. The van der Waals surface area contributed by atoms with E-state index in [4.69, 9.17) is 18.9 Å². The monoisotopic (exact) mass is 322 g/mol. The molecule has 0 amide bonds. The van der Waals surface area contributed by atoms with Crippen LogP contribution < -0.4 is 0 Å². The zero-order valence-electron chi connectivity index (χ0n) is 13.6. The Morgan fingerprint density at radius 1 is 1.09 bits per heavy atom. The quantitative estimate of drug-likeness (QED) is 0.774. The highest BCUT2D eigenvalue weighted by Gasteiger charge is 2.40. The van der Waals surface area contributed by atoms with Gasteiger partial charge in [-0.3, -0.25) is 9.59 Å². The molecule has 1 aromatic carbocycles. The van der Waals surface area contributed by atoms with Crippen molar-refractivity contribution in [2.45, 2.75) is 58.4 Å². The lowest BCUT2D eigenvalue weighted by Crippen LogP contribution is -2.50. The van der Waals surface area contributed by atoms with Crippen molar-refractivity contribution < 1.29 is 28.5 Å². The maximum atomic E-state index is 11.3. The maximum absolute atomic E-state index is 11.3. The second kappa shape index (κ2) is 8.08. The summed E-state index contributed by atoms with van der Waals surface area (Å²) in [7, 11) is 0. The molecule has 0 saturated carbocycles. The molecule has 4 atom stereocenters. The van der Waals surface area contributed by atoms with Crippen LogP contribution in [0.2, 0.25) is 0 Å². The topological polar surface area (TPSA) is 71.1 Å². The smallest absolute Gasteiger partial charge is 0.305 e. The molecule has 1 aliphatic rings. The first-order chi connectivity index (χ1) is 11.0. The molecule has 126 valence electrons. The fourth-order valence-corrected chi connectivity index (χ4v) is 2.48. The number of rotatable bonds is 5. The molecule has 0 aliphatic carbocycles. The number of hydrogen-bond acceptors (Lipinski definition) is 6. The van der Waals surface area contributed by atoms with Crippen LogP contribution in [0.5, 0.6) is 0 Å². The van der Waals surface area contributed by atoms with Crippen molar-refractivity contribution in [3.8, 4) is 0 Å². The Bertz CT molecular complexity index is 529. The fourth-order valence-electron chi connectivity index (χ4n) is 2.48. The second-order valence-corrected chi connectivity index (χ2v) is 5.54. The summed E-state index contributed by atoms with van der Waals surface area (Å²) in [5.41, 5.74) is 1.05. The molecule has 1 saturated heterocycles. The summed E-state index contributed by atoms with van der Waals surface area (Å²) >= 11 is 0. The summed E-state index contributed by atoms with van der Waals surface area (Å²) in [5.74, 6) is -0.935. The van der Waals surface area contributed by atoms with Gasteiger partial charge in [0.1, 0.15) is 0 Å². The first kappa shape index (κ1) is 17.4. The van der Waals surface area contributed by atoms with Crippen molar-refractivity contribution in [3.05, 3.63) is 35.9 Å². The number of benzene rings is 1. The average molecular weight is 322 g/mol. The van der Waals surface area contributed by atoms with Crippen molar-refractivity contribution in [2.75, 3.05) is 0 Å². The van der Waals surface area contributed by atoms with Crippen LogP contribution in [0.1, 0.15) is 32.8 Å². The van der Waals surface area contributed by atoms with E-state index in [0.717, 1.165) is 5.56 Å². The first-order valence-corrected chi connectivity index (χ1v) is 7.61. The summed E-state index contributed by atoms with van der Waals surface area (Å²) in [6.45, 7) is 4.87. The molecule has 1 aromatic rings. The third-order valence-corrected chi connectivity index (χ3v) is 3.55. The second-order valence-electron chi connectivity index (χ2n) is 5.54. The Labute approximate surface area is 135 Å². The van der Waals surface area contributed by atoms with E-state index < -0.39 is 24.3 Å². The molecule has 0 N–H and O–H groups in total. The molecule has 1 aliphatic heterocycles. The van der Waals surface area contributed by atoms with Crippen molar-refractivity contribution in [2.24, 2.45) is 0 Å². The standard InChI is InChI=1S/C17H22O6/c1-11-15(20-10-14-7-5-4-6-8-14)9-16(22-12(2)18)17(21-11)23-13(3)19/h4-8,11,15-17H,9-10H2,1-3H3/t11-,15-,16-,17-/m1/s1. The van der Waals surface area contributed by atoms with E-state index in [2.05, 4.69) is 0 Å². The molecule has 0 unspecified atom stereocenters. The lowest BCUT2D eigenvalue weighted by Gasteiger charge is -2.38. The largest absolute Gasteiger partial charge is 0.456 e. The molecular formula is C17H22O6. The molecule has 0 spiro atoms. The van der Waals surface area contributed by atoms with Gasteiger partial charge < -0.3 is 18.9 Å². The summed E-state index contributed by atoms with van der Waals surface area (Å²) in [5, 5.41) is 0. The third-order valence-electron chi connectivity index (χ3n) is 3.55. The predicted octanol–water partition coefficient (Wildman–Crippen LogP) is 2.20. The Morgan fingerprint density at radius 2 is 1.74 bits per heavy atom. The van der Waals surface area contributed by atoms with Gasteiger partial charge in [0.05, 0.1) is 18.8 Å². The van der Waals surface area contributed by atoms with Gasteiger partial charge in [0.15, 0.2) is 6.10 Å². The molecular weight excluding hydrogens is 300 g/mol. The van der Waals surface area contributed by atoms with E-state index in [1.54, 1.807) is 0 Å². The van der Waals surface area contributed by atoms with E-state index in [1.807, 2.05) is 37.3 Å². The van der Waals surface area contributed by atoms with Gasteiger partial charge in [0.2, 0.25) is 6.29 Å². The predicted molar refractivity (Wildman–Crippen MR) is 81.3 cm³/mol. The van der Waals surface area contributed by atoms with Crippen LogP contribution in [0.3, 0.4) is 0 Å². The molecule has 0 aromatic heterocycles. The van der Waals surface area contributed by atoms with Crippen molar-refractivity contribution in [3.63, 3.8) is 0 Å². The van der Waals surface area contributed by atoms with Gasteiger partial charge >= 0.3 is 11.9 Å². The summed E-state index contributed by atoms with van der Waals surface area (Å²) in [4.78, 5) is 22.4. The number of carbonyl (C=O) groups excluding carboxylic acids is 2. The third kappa shape index (κ3) is 5.33. The minimum Gasteiger partial charge on any atom is -0.456 e. The Hall–Kier alpha value is -1.92. The van der Waals surface area contributed by atoms with Crippen LogP contribution in [0.4, 0.5) is 0 Å². The highest BCUT2D eigenvalue weighted by Crippen LogP contribution is 2.26. The van der Waals surface area contributed by atoms with E-state index in [-0.39, 0.29) is 12.2 Å². The molecule has 2 rings (SSSR count). The molecule has 23 heavy (non-hydrogen) atoms. The molecule has 1 heterocycles. The molecule has 6 nitrogen and oxygen atoms in total. The molecule has 6 heteroatoms. The highest BCUT2D eigenvalue weighted by molar-refractivity contribution is 5.67. The van der Waals surface area contributed by atoms with E-state index in [0.29, 0.717) is 13.0 Å². The van der Waals surface area contributed by atoms with Crippen LogP contribution in [0.25, 0.3) is 0 Å². The average Bonchev–Trinajstić information content (AvgIpc) is 2.48. The van der Waals surface area contributed by atoms with Gasteiger partial charge in [-0.2, -0.15) is 0 Å². The lowest BCUT2D eigenvalue weighted by molar-refractivity contribution is -0.265. The highest BCUT2D eigenvalue weighted by atomic mass is 16.7. The van der Waals surface area contributed by atoms with Gasteiger partial charge in [-0.05, 0) is 12.5 Å². The normalized spacial score (nSPS) is 27.3. The zero-order valence-corrected chi connectivity index (χ0v) is 13.6. The van der Waals surface area contributed by atoms with Gasteiger partial charge in [-0.15, -0.1) is 0 Å². The maximum Gasteiger partial charge on any atom is 0.305 e. The first-order valence-electron chi connectivity index (χ1n) is 7.61. The minimum atomic E-state index is -0.900. The SMILES string of the molecule is CC(=O)O[C@H]1O[C@H](C)[C@H](OCc2ccccc2)C[C@H]1OC(C)=O. The zero-order chi connectivity index (χ0) is 16.8. The minimum absolute atomic E-state index is 0.258. The van der Waals surface area contributed by atoms with Gasteiger partial charge in [0, 0.05) is 20.3 Å². The van der Waals surface area contributed by atoms with Crippen molar-refractivity contribution in [1.29, 1.82) is 0 Å². The molecule has 0 bridgehead atoms. The van der Waals surface area contributed by atoms with E-state index in [1.165, 1.54) is 13.8 Å². The van der Waals surface area contributed by atoms with Gasteiger partial charge in [-0.25, -0.2) is 0 Å². The number of carbonyl (C=O) groups is 2. The van der Waals surface area contributed by atoms with Gasteiger partial charge in [0.25, 0.3) is 0 Å². The molecule has 0 radical (unpaired) electrons. The van der Waals surface area contributed by atoms with Crippen LogP contribution in [-0.2, 0) is 35.1 Å².